The van der Waals surface area contributed by atoms with Crippen molar-refractivity contribution in [1.82, 2.24) is 5.32 Å². The van der Waals surface area contributed by atoms with Crippen LogP contribution in [0.2, 0.25) is 0 Å². The smallest absolute Gasteiger partial charge is 0.129 e. The minimum absolute atomic E-state index is 0.145. The molecule has 0 saturated carbocycles. The minimum Gasteiger partial charge on any atom is -0.386 e. The fourth-order valence-electron chi connectivity index (χ4n) is 3.44. The van der Waals surface area contributed by atoms with E-state index < -0.39 is 6.10 Å². The zero-order chi connectivity index (χ0) is 12.1. The molecule has 1 aromatic rings. The lowest BCUT2D eigenvalue weighted by molar-refractivity contribution is 0.0706. The predicted octanol–water partition coefficient (Wildman–Crippen LogP) is 2.53. The van der Waals surface area contributed by atoms with Gasteiger partial charge in [0.25, 0.3) is 0 Å². The van der Waals surface area contributed by atoms with Gasteiger partial charge >= 0.3 is 0 Å². The van der Waals surface area contributed by atoms with Gasteiger partial charge in [-0.15, -0.1) is 0 Å². The van der Waals surface area contributed by atoms with Crippen LogP contribution in [0.3, 0.4) is 0 Å². The number of aliphatic hydroxyl groups is 1. The Balaban J connectivity index is 1.93. The first-order valence-electron chi connectivity index (χ1n) is 6.27. The maximum atomic E-state index is 13.7. The molecular weight excluding hydrogens is 217 g/mol. The monoisotopic (exact) mass is 235 g/mol. The summed E-state index contributed by atoms with van der Waals surface area (Å²) < 4.78 is 13.7. The number of hydrogen-bond donors (Lipinski definition) is 2. The van der Waals surface area contributed by atoms with Crippen molar-refractivity contribution in [2.45, 2.75) is 49.8 Å². The summed E-state index contributed by atoms with van der Waals surface area (Å²) in [7, 11) is 0. The molecular formula is C14H18FNO. The first-order valence-corrected chi connectivity index (χ1v) is 6.27. The van der Waals surface area contributed by atoms with Crippen LogP contribution in [0.15, 0.2) is 24.3 Å². The predicted molar refractivity (Wildman–Crippen MR) is 64.1 cm³/mol. The van der Waals surface area contributed by atoms with Gasteiger partial charge in [0.15, 0.2) is 0 Å². The van der Waals surface area contributed by atoms with E-state index in [1.807, 2.05) is 0 Å². The van der Waals surface area contributed by atoms with Gasteiger partial charge in [-0.2, -0.15) is 0 Å². The van der Waals surface area contributed by atoms with Crippen LogP contribution in [0.25, 0.3) is 0 Å². The number of benzene rings is 1. The highest BCUT2D eigenvalue weighted by Gasteiger charge is 2.55. The van der Waals surface area contributed by atoms with E-state index in [2.05, 4.69) is 12.2 Å². The molecule has 1 atom stereocenters. The van der Waals surface area contributed by atoms with Crippen LogP contribution < -0.4 is 5.32 Å². The second-order valence-corrected chi connectivity index (χ2v) is 5.77. The van der Waals surface area contributed by atoms with E-state index in [0.29, 0.717) is 5.56 Å². The molecule has 3 rings (SSSR count). The highest BCUT2D eigenvalue weighted by Crippen LogP contribution is 2.50. The Morgan fingerprint density at radius 3 is 2.41 bits per heavy atom. The molecule has 0 aromatic heterocycles. The summed E-state index contributed by atoms with van der Waals surface area (Å²) in [4.78, 5) is 0. The number of halogens is 1. The summed E-state index contributed by atoms with van der Waals surface area (Å²) in [5.41, 5.74) is 0.259. The molecule has 0 unspecified atom stereocenters. The molecule has 2 N–H and O–H groups in total. The van der Waals surface area contributed by atoms with Gasteiger partial charge in [-0.1, -0.05) is 18.2 Å². The molecule has 3 heteroatoms. The van der Waals surface area contributed by atoms with Crippen molar-refractivity contribution in [3.8, 4) is 0 Å². The third kappa shape index (κ3) is 1.60. The highest BCUT2D eigenvalue weighted by atomic mass is 19.1. The van der Waals surface area contributed by atoms with Crippen LogP contribution in [0, 0.1) is 5.82 Å². The number of rotatable bonds is 2. The number of fused-ring (bicyclic) bond motifs is 2. The lowest BCUT2D eigenvalue weighted by atomic mass is 9.78. The molecule has 2 fully saturated rings. The molecule has 0 radical (unpaired) electrons. The average molecular weight is 235 g/mol. The maximum absolute atomic E-state index is 13.7. The first-order chi connectivity index (χ1) is 8.05. The van der Waals surface area contributed by atoms with Gasteiger partial charge in [-0.05, 0) is 38.7 Å². The topological polar surface area (TPSA) is 32.3 Å². The Bertz CT molecular complexity index is 438. The van der Waals surface area contributed by atoms with Gasteiger partial charge < -0.3 is 10.4 Å². The normalized spacial score (nSPS) is 37.4. The molecule has 2 bridgehead atoms. The van der Waals surface area contributed by atoms with E-state index in [0.717, 1.165) is 25.7 Å². The van der Waals surface area contributed by atoms with Crippen molar-refractivity contribution in [3.63, 3.8) is 0 Å². The van der Waals surface area contributed by atoms with Crippen molar-refractivity contribution in [2.75, 3.05) is 0 Å². The Kier molecular flexibility index (Phi) is 2.32. The van der Waals surface area contributed by atoms with Gasteiger partial charge in [0.2, 0.25) is 0 Å². The van der Waals surface area contributed by atoms with Crippen LogP contribution in [-0.4, -0.2) is 16.2 Å². The minimum atomic E-state index is -0.743. The van der Waals surface area contributed by atoms with Crippen molar-refractivity contribution < 1.29 is 9.50 Å². The van der Waals surface area contributed by atoms with Gasteiger partial charge in [0, 0.05) is 16.6 Å². The molecule has 0 spiro atoms. The standard InChI is InChI=1S/C14H18FNO/c1-13-6-8-14(16-13,9-7-13)12(17)10-4-2-3-5-11(10)15/h2-5,12,16-17H,6-9H2,1H3/t12-,13?,14?/m0/s1. The molecule has 2 aliphatic heterocycles. The largest absolute Gasteiger partial charge is 0.386 e. The summed E-state index contributed by atoms with van der Waals surface area (Å²) in [6, 6.07) is 6.54. The molecule has 2 heterocycles. The van der Waals surface area contributed by atoms with Crippen LogP contribution in [0.5, 0.6) is 0 Å². The zero-order valence-electron chi connectivity index (χ0n) is 10.0. The van der Waals surface area contributed by atoms with E-state index in [4.69, 9.17) is 0 Å². The first kappa shape index (κ1) is 11.2. The summed E-state index contributed by atoms with van der Waals surface area (Å²) in [5.74, 6) is -0.309. The quantitative estimate of drug-likeness (QED) is 0.825. The summed E-state index contributed by atoms with van der Waals surface area (Å²) >= 11 is 0. The third-order valence-corrected chi connectivity index (χ3v) is 4.52. The third-order valence-electron chi connectivity index (χ3n) is 4.52. The Morgan fingerprint density at radius 1 is 1.24 bits per heavy atom. The molecule has 2 aliphatic rings. The van der Waals surface area contributed by atoms with Gasteiger partial charge in [-0.25, -0.2) is 4.39 Å². The number of hydrogen-bond acceptors (Lipinski definition) is 2. The van der Waals surface area contributed by atoms with Crippen LogP contribution in [0.1, 0.15) is 44.3 Å². The molecule has 0 aliphatic carbocycles. The van der Waals surface area contributed by atoms with E-state index in [9.17, 15) is 9.50 Å². The maximum Gasteiger partial charge on any atom is 0.129 e. The van der Waals surface area contributed by atoms with E-state index in [-0.39, 0.29) is 16.9 Å². The van der Waals surface area contributed by atoms with Crippen LogP contribution in [-0.2, 0) is 0 Å². The fourth-order valence-corrected chi connectivity index (χ4v) is 3.44. The Hall–Kier alpha value is -0.930. The summed E-state index contributed by atoms with van der Waals surface area (Å²) in [5, 5.41) is 14.0. The zero-order valence-corrected chi connectivity index (χ0v) is 10.0. The van der Waals surface area contributed by atoms with E-state index >= 15 is 0 Å². The van der Waals surface area contributed by atoms with Crippen molar-refractivity contribution in [2.24, 2.45) is 0 Å². The summed E-state index contributed by atoms with van der Waals surface area (Å²) in [6.07, 6.45) is 3.25. The van der Waals surface area contributed by atoms with Gasteiger partial charge in [0.05, 0.1) is 6.10 Å². The van der Waals surface area contributed by atoms with Crippen LogP contribution >= 0.6 is 0 Å². The van der Waals surface area contributed by atoms with E-state index in [1.54, 1.807) is 18.2 Å². The lowest BCUT2D eigenvalue weighted by Gasteiger charge is -2.32. The molecule has 17 heavy (non-hydrogen) atoms. The number of nitrogens with one attached hydrogen (secondary N) is 1. The second kappa shape index (κ2) is 3.53. The molecule has 2 nitrogen and oxygen atoms in total. The van der Waals surface area contributed by atoms with Crippen molar-refractivity contribution >= 4 is 0 Å². The molecule has 2 saturated heterocycles. The SMILES string of the molecule is CC12CCC([C@@H](O)c3ccccc3F)(CC1)N2. The molecule has 92 valence electrons. The van der Waals surface area contributed by atoms with Crippen molar-refractivity contribution in [3.05, 3.63) is 35.6 Å². The molecule has 1 aromatic carbocycles. The average Bonchev–Trinajstić information content (AvgIpc) is 2.83. The summed E-state index contributed by atoms with van der Waals surface area (Å²) in [6.45, 7) is 2.19. The number of aliphatic hydroxyl groups excluding tert-OH is 1. The molecule has 0 amide bonds. The lowest BCUT2D eigenvalue weighted by Crippen LogP contribution is -2.45. The fraction of sp³-hybridized carbons (Fsp3) is 0.571. The highest BCUT2D eigenvalue weighted by molar-refractivity contribution is 5.27. The Morgan fingerprint density at radius 2 is 1.88 bits per heavy atom. The van der Waals surface area contributed by atoms with E-state index in [1.165, 1.54) is 6.07 Å². The second-order valence-electron chi connectivity index (χ2n) is 5.77. The van der Waals surface area contributed by atoms with Crippen LogP contribution in [0.4, 0.5) is 4.39 Å². The van der Waals surface area contributed by atoms with Gasteiger partial charge in [0.1, 0.15) is 5.82 Å². The van der Waals surface area contributed by atoms with Crippen molar-refractivity contribution in [1.29, 1.82) is 0 Å². The Labute approximate surface area is 101 Å². The van der Waals surface area contributed by atoms with Gasteiger partial charge in [-0.3, -0.25) is 0 Å².